The zero-order valence-electron chi connectivity index (χ0n) is 5.37. The quantitative estimate of drug-likeness (QED) is 0.518. The van der Waals surface area contributed by atoms with Crippen molar-refractivity contribution in [2.45, 2.75) is 0 Å². The Morgan fingerprint density at radius 2 is 2.00 bits per heavy atom. The van der Waals surface area contributed by atoms with Crippen molar-refractivity contribution in [3.8, 4) is 0 Å². The summed E-state index contributed by atoms with van der Waals surface area (Å²) in [6.45, 7) is 0. The van der Waals surface area contributed by atoms with Gasteiger partial charge in [-0.2, -0.15) is 0 Å². The van der Waals surface area contributed by atoms with Gasteiger partial charge in [0.15, 0.2) is 0 Å². The Morgan fingerprint density at radius 3 is 2.80 bits per heavy atom. The summed E-state index contributed by atoms with van der Waals surface area (Å²) < 4.78 is 0. The second-order valence-corrected chi connectivity index (χ2v) is 2.28. The van der Waals surface area contributed by atoms with Gasteiger partial charge in [0.05, 0.1) is 0 Å². The predicted molar refractivity (Wildman–Crippen MR) is 39.5 cm³/mol. The van der Waals surface area contributed by atoms with Crippen LogP contribution in [0.25, 0.3) is 6.08 Å². The molecule has 1 aliphatic rings. The molecule has 1 N–H and O–H groups in total. The van der Waals surface area contributed by atoms with Crippen LogP contribution in [-0.4, -0.2) is 0 Å². The molecule has 0 amide bonds. The minimum atomic E-state index is 0.121. The minimum absolute atomic E-state index is 0.121. The molecule has 0 spiro atoms. The first-order valence-corrected chi connectivity index (χ1v) is 3.19. The Kier molecular flexibility index (Phi) is 1.09. The van der Waals surface area contributed by atoms with Gasteiger partial charge in [0.2, 0.25) is 0 Å². The molecule has 1 heterocycles. The smallest absolute Gasteiger partial charge is 0.143 e. The Bertz CT molecular complexity index is 280. The van der Waals surface area contributed by atoms with E-state index in [9.17, 15) is 5.21 Å². The van der Waals surface area contributed by atoms with Gasteiger partial charge in [-0.15, -0.1) is 0 Å². The molecule has 1 aliphatic heterocycles. The number of nitrogens with one attached hydrogen (secondary N) is 1. The van der Waals surface area contributed by atoms with Crippen LogP contribution in [0.5, 0.6) is 0 Å². The molecule has 1 unspecified atom stereocenters. The van der Waals surface area contributed by atoms with Gasteiger partial charge < -0.3 is 10.3 Å². The Morgan fingerprint density at radius 1 is 1.20 bits per heavy atom. The number of benzene rings is 1. The molecule has 2 rings (SSSR count). The summed E-state index contributed by atoms with van der Waals surface area (Å²) in [6, 6.07) is 7.60. The lowest BCUT2D eigenvalue weighted by atomic mass is 10.2. The lowest BCUT2D eigenvalue weighted by Crippen LogP contribution is -2.95. The fourth-order valence-electron chi connectivity index (χ4n) is 1.12. The van der Waals surface area contributed by atoms with Crippen molar-refractivity contribution in [3.05, 3.63) is 41.2 Å². The molecule has 2 heteroatoms. The standard InChI is InChI=1S/C8H7NO/c10-9-6-5-7-3-1-2-4-8(7)9/h1-6,9H. The van der Waals surface area contributed by atoms with Crippen LogP contribution in [0, 0.1) is 5.21 Å². The molecule has 10 heavy (non-hydrogen) atoms. The highest BCUT2D eigenvalue weighted by Crippen LogP contribution is 2.15. The first-order valence-electron chi connectivity index (χ1n) is 3.19. The number of hydrogen-bond donors (Lipinski definition) is 1. The first-order chi connectivity index (χ1) is 4.88. The van der Waals surface area contributed by atoms with E-state index < -0.39 is 0 Å². The number of hydrogen-bond acceptors (Lipinski definition) is 1. The topological polar surface area (TPSA) is 27.5 Å². The minimum Gasteiger partial charge on any atom is -0.624 e. The number of fused-ring (bicyclic) bond motifs is 1. The van der Waals surface area contributed by atoms with E-state index in [0.717, 1.165) is 11.3 Å². The van der Waals surface area contributed by atoms with Gasteiger partial charge in [0, 0.05) is 17.7 Å². The van der Waals surface area contributed by atoms with Crippen molar-refractivity contribution >= 4 is 11.8 Å². The maximum Gasteiger partial charge on any atom is 0.143 e. The monoisotopic (exact) mass is 133 g/mol. The average molecular weight is 133 g/mol. The van der Waals surface area contributed by atoms with Crippen LogP contribution >= 0.6 is 0 Å². The zero-order valence-corrected chi connectivity index (χ0v) is 5.37. The van der Waals surface area contributed by atoms with E-state index in [-0.39, 0.29) is 5.06 Å². The summed E-state index contributed by atoms with van der Waals surface area (Å²) in [5.41, 5.74) is 1.86. The molecule has 1 aromatic carbocycles. The van der Waals surface area contributed by atoms with Gasteiger partial charge >= 0.3 is 0 Å². The zero-order chi connectivity index (χ0) is 6.97. The Hall–Kier alpha value is -1.12. The number of rotatable bonds is 0. The molecular weight excluding hydrogens is 126 g/mol. The summed E-state index contributed by atoms with van der Waals surface area (Å²) >= 11 is 0. The van der Waals surface area contributed by atoms with Gasteiger partial charge in [0.1, 0.15) is 11.9 Å². The van der Waals surface area contributed by atoms with E-state index in [4.69, 9.17) is 0 Å². The van der Waals surface area contributed by atoms with E-state index in [1.807, 2.05) is 30.3 Å². The summed E-state index contributed by atoms with van der Waals surface area (Å²) in [4.78, 5) is 0. The summed E-state index contributed by atoms with van der Waals surface area (Å²) in [5.74, 6) is 0. The van der Waals surface area contributed by atoms with Crippen LogP contribution in [-0.2, 0) is 0 Å². The third kappa shape index (κ3) is 0.667. The lowest BCUT2D eigenvalue weighted by Gasteiger charge is -2.12. The van der Waals surface area contributed by atoms with E-state index >= 15 is 0 Å². The van der Waals surface area contributed by atoms with E-state index in [0.29, 0.717) is 0 Å². The van der Waals surface area contributed by atoms with Crippen molar-refractivity contribution in [1.29, 1.82) is 0 Å². The van der Waals surface area contributed by atoms with Crippen LogP contribution in [0.3, 0.4) is 0 Å². The Balaban J connectivity index is 2.59. The third-order valence-corrected chi connectivity index (χ3v) is 1.64. The van der Waals surface area contributed by atoms with Gasteiger partial charge in [0.25, 0.3) is 0 Å². The summed E-state index contributed by atoms with van der Waals surface area (Å²) in [6.07, 6.45) is 3.45. The fraction of sp³-hybridized carbons (Fsp3) is 0. The maximum atomic E-state index is 11.0. The largest absolute Gasteiger partial charge is 0.624 e. The van der Waals surface area contributed by atoms with E-state index in [1.165, 1.54) is 0 Å². The number of hydroxylamine groups is 1. The van der Waals surface area contributed by atoms with Crippen LogP contribution < -0.4 is 5.06 Å². The van der Waals surface area contributed by atoms with Crippen molar-refractivity contribution in [3.63, 3.8) is 0 Å². The van der Waals surface area contributed by atoms with Crippen molar-refractivity contribution in [1.82, 2.24) is 0 Å². The lowest BCUT2D eigenvalue weighted by molar-refractivity contribution is -0.710. The summed E-state index contributed by atoms with van der Waals surface area (Å²) in [7, 11) is 0. The van der Waals surface area contributed by atoms with Gasteiger partial charge in [-0.25, -0.2) is 0 Å². The molecule has 0 saturated carbocycles. The molecule has 0 bridgehead atoms. The van der Waals surface area contributed by atoms with Gasteiger partial charge in [-0.3, -0.25) is 0 Å². The second-order valence-electron chi connectivity index (χ2n) is 2.28. The van der Waals surface area contributed by atoms with E-state index in [2.05, 4.69) is 0 Å². The highest BCUT2D eigenvalue weighted by molar-refractivity contribution is 5.63. The molecule has 0 aliphatic carbocycles. The summed E-state index contributed by atoms with van der Waals surface area (Å²) in [5, 5.41) is 11.1. The van der Waals surface area contributed by atoms with Crippen LogP contribution in [0.2, 0.25) is 0 Å². The molecule has 0 aromatic heterocycles. The van der Waals surface area contributed by atoms with Crippen LogP contribution in [0.15, 0.2) is 30.5 Å². The van der Waals surface area contributed by atoms with E-state index in [1.54, 1.807) is 6.20 Å². The van der Waals surface area contributed by atoms with Gasteiger partial charge in [-0.05, 0) is 6.07 Å². The average Bonchev–Trinajstić information content (AvgIpc) is 2.34. The molecule has 0 saturated heterocycles. The first kappa shape index (κ1) is 5.65. The molecule has 0 radical (unpaired) electrons. The fourth-order valence-corrected chi connectivity index (χ4v) is 1.12. The SMILES string of the molecule is [O-][NH+]1C=Cc2ccccc21. The normalized spacial score (nSPS) is 21.1. The highest BCUT2D eigenvalue weighted by Gasteiger charge is 2.09. The highest BCUT2D eigenvalue weighted by atomic mass is 16.5. The molecule has 2 nitrogen and oxygen atoms in total. The molecule has 1 atom stereocenters. The Labute approximate surface area is 59.0 Å². The van der Waals surface area contributed by atoms with Crippen molar-refractivity contribution < 1.29 is 5.06 Å². The molecule has 50 valence electrons. The van der Waals surface area contributed by atoms with Crippen LogP contribution in [0.4, 0.5) is 5.69 Å². The predicted octanol–water partition coefficient (Wildman–Crippen LogP) is 0.685. The van der Waals surface area contributed by atoms with Crippen molar-refractivity contribution in [2.75, 3.05) is 0 Å². The third-order valence-electron chi connectivity index (χ3n) is 1.64. The molecular formula is C8H7NO. The number of para-hydroxylation sites is 1. The van der Waals surface area contributed by atoms with Crippen molar-refractivity contribution in [2.24, 2.45) is 0 Å². The van der Waals surface area contributed by atoms with Crippen LogP contribution in [0.1, 0.15) is 5.56 Å². The maximum absolute atomic E-state index is 11.0. The van der Waals surface area contributed by atoms with Gasteiger partial charge in [-0.1, -0.05) is 12.1 Å². The second kappa shape index (κ2) is 1.94. The molecule has 0 fully saturated rings. The number of quaternary nitrogens is 1. The molecule has 1 aromatic rings.